The van der Waals surface area contributed by atoms with Gasteiger partial charge in [-0.25, -0.2) is 9.78 Å². The Balaban J connectivity index is 2.04. The third-order valence-electron chi connectivity index (χ3n) is 3.45. The summed E-state index contributed by atoms with van der Waals surface area (Å²) in [5, 5.41) is 4.07. The number of rotatable bonds is 5. The molecule has 1 fully saturated rings. The van der Waals surface area contributed by atoms with Gasteiger partial charge in [0.2, 0.25) is 0 Å². The van der Waals surface area contributed by atoms with Crippen LogP contribution in [0.2, 0.25) is 0 Å². The molecule has 5 nitrogen and oxygen atoms in total. The van der Waals surface area contributed by atoms with Crippen molar-refractivity contribution in [2.45, 2.75) is 37.5 Å². The van der Waals surface area contributed by atoms with E-state index in [1.165, 1.54) is 13.5 Å². The van der Waals surface area contributed by atoms with Gasteiger partial charge < -0.3 is 15.8 Å². The second-order valence-corrected chi connectivity index (χ2v) is 6.43. The average molecular weight is 295 g/mol. The summed E-state index contributed by atoms with van der Waals surface area (Å²) in [4.78, 5) is 15.8. The van der Waals surface area contributed by atoms with Gasteiger partial charge in [-0.2, -0.15) is 11.8 Å². The molecule has 110 valence electrons. The number of ether oxygens (including phenoxy) is 1. The molecule has 1 aliphatic carbocycles. The van der Waals surface area contributed by atoms with Crippen molar-refractivity contribution in [3.63, 3.8) is 0 Å². The standard InChI is InChI=1S/C14H21N3O2S/c1-3-20-10-5-4-9(8-10)16-13-11(15)6-7-12(17-13)14(18)19-2/h6-7,9-10H,3-5,8,15H2,1-2H3,(H,16,17). The number of nitrogens with two attached hydrogens (primary N) is 1. The van der Waals surface area contributed by atoms with E-state index in [0.29, 0.717) is 22.8 Å². The molecule has 2 unspecified atom stereocenters. The lowest BCUT2D eigenvalue weighted by molar-refractivity contribution is 0.0594. The Labute approximate surface area is 123 Å². The van der Waals surface area contributed by atoms with Crippen molar-refractivity contribution in [1.82, 2.24) is 4.98 Å². The SMILES string of the molecule is CCSC1CCC(Nc2nc(C(=O)OC)ccc2N)C1. The summed E-state index contributed by atoms with van der Waals surface area (Å²) in [6.45, 7) is 2.19. The first kappa shape index (κ1) is 15.0. The van der Waals surface area contributed by atoms with Crippen molar-refractivity contribution in [3.8, 4) is 0 Å². The molecule has 0 saturated heterocycles. The predicted octanol–water partition coefficient (Wildman–Crippen LogP) is 2.54. The van der Waals surface area contributed by atoms with E-state index in [2.05, 4.69) is 22.0 Å². The summed E-state index contributed by atoms with van der Waals surface area (Å²) in [6.07, 6.45) is 3.44. The van der Waals surface area contributed by atoms with Gasteiger partial charge in [-0.05, 0) is 37.1 Å². The molecular formula is C14H21N3O2S. The normalized spacial score (nSPS) is 21.7. The van der Waals surface area contributed by atoms with Crippen LogP contribution in [0.25, 0.3) is 0 Å². The van der Waals surface area contributed by atoms with Gasteiger partial charge in [-0.15, -0.1) is 0 Å². The number of carbonyl (C=O) groups excluding carboxylic acids is 1. The van der Waals surface area contributed by atoms with Crippen molar-refractivity contribution in [1.29, 1.82) is 0 Å². The smallest absolute Gasteiger partial charge is 0.356 e. The first-order valence-corrected chi connectivity index (χ1v) is 7.91. The number of hydrogen-bond donors (Lipinski definition) is 2. The number of nitrogen functional groups attached to an aromatic ring is 1. The van der Waals surface area contributed by atoms with Crippen LogP contribution in [-0.4, -0.2) is 35.1 Å². The molecule has 0 aromatic carbocycles. The fraction of sp³-hybridized carbons (Fsp3) is 0.571. The molecule has 1 saturated carbocycles. The Hall–Kier alpha value is -1.43. The maximum absolute atomic E-state index is 11.5. The molecule has 1 aromatic heterocycles. The molecular weight excluding hydrogens is 274 g/mol. The van der Waals surface area contributed by atoms with E-state index >= 15 is 0 Å². The number of carbonyl (C=O) groups is 1. The Bertz CT molecular complexity index is 481. The molecule has 1 aliphatic rings. The summed E-state index contributed by atoms with van der Waals surface area (Å²) in [5.41, 5.74) is 6.76. The highest BCUT2D eigenvalue weighted by molar-refractivity contribution is 7.99. The number of methoxy groups -OCH3 is 1. The van der Waals surface area contributed by atoms with E-state index in [1.807, 2.05) is 11.8 Å². The van der Waals surface area contributed by atoms with Crippen LogP contribution >= 0.6 is 11.8 Å². The van der Waals surface area contributed by atoms with Crippen LogP contribution in [0.5, 0.6) is 0 Å². The third-order valence-corrected chi connectivity index (χ3v) is 4.68. The van der Waals surface area contributed by atoms with Gasteiger partial charge in [-0.3, -0.25) is 0 Å². The molecule has 0 bridgehead atoms. The minimum Gasteiger partial charge on any atom is -0.464 e. The predicted molar refractivity (Wildman–Crippen MR) is 83.2 cm³/mol. The van der Waals surface area contributed by atoms with Crippen LogP contribution in [0.15, 0.2) is 12.1 Å². The van der Waals surface area contributed by atoms with E-state index in [1.54, 1.807) is 12.1 Å². The van der Waals surface area contributed by atoms with E-state index in [4.69, 9.17) is 5.73 Å². The van der Waals surface area contributed by atoms with Crippen molar-refractivity contribution in [3.05, 3.63) is 17.8 Å². The summed E-state index contributed by atoms with van der Waals surface area (Å²) < 4.78 is 4.68. The molecule has 1 heterocycles. The number of thioether (sulfide) groups is 1. The van der Waals surface area contributed by atoms with E-state index in [-0.39, 0.29) is 5.69 Å². The number of pyridine rings is 1. The van der Waals surface area contributed by atoms with Gasteiger partial charge in [0.25, 0.3) is 0 Å². The number of hydrogen-bond acceptors (Lipinski definition) is 6. The maximum Gasteiger partial charge on any atom is 0.356 e. The molecule has 0 spiro atoms. The first-order chi connectivity index (χ1) is 9.63. The fourth-order valence-corrected chi connectivity index (χ4v) is 3.60. The number of nitrogens with zero attached hydrogens (tertiary/aromatic N) is 1. The van der Waals surface area contributed by atoms with Gasteiger partial charge >= 0.3 is 5.97 Å². The molecule has 6 heteroatoms. The third kappa shape index (κ3) is 3.56. The topological polar surface area (TPSA) is 77.2 Å². The Morgan fingerprint density at radius 3 is 3.05 bits per heavy atom. The number of aromatic nitrogens is 1. The molecule has 2 rings (SSSR count). The maximum atomic E-state index is 11.5. The van der Waals surface area contributed by atoms with Crippen LogP contribution in [0.3, 0.4) is 0 Å². The summed E-state index contributed by atoms with van der Waals surface area (Å²) in [7, 11) is 1.34. The van der Waals surface area contributed by atoms with Gasteiger partial charge in [0.15, 0.2) is 5.69 Å². The monoisotopic (exact) mass is 295 g/mol. The van der Waals surface area contributed by atoms with Gasteiger partial charge in [0.05, 0.1) is 12.8 Å². The van der Waals surface area contributed by atoms with Crippen LogP contribution in [0, 0.1) is 0 Å². The zero-order valence-electron chi connectivity index (χ0n) is 11.9. The van der Waals surface area contributed by atoms with Crippen molar-refractivity contribution < 1.29 is 9.53 Å². The number of anilines is 2. The number of nitrogens with one attached hydrogen (secondary N) is 1. The molecule has 1 aromatic rings. The minimum absolute atomic E-state index is 0.279. The van der Waals surface area contributed by atoms with E-state index in [0.717, 1.165) is 18.6 Å². The highest BCUT2D eigenvalue weighted by Gasteiger charge is 2.25. The van der Waals surface area contributed by atoms with Crippen LogP contribution in [0.1, 0.15) is 36.7 Å². The van der Waals surface area contributed by atoms with Crippen LogP contribution in [-0.2, 0) is 4.74 Å². The average Bonchev–Trinajstić information content (AvgIpc) is 2.88. The van der Waals surface area contributed by atoms with E-state index in [9.17, 15) is 4.79 Å². The number of esters is 1. The molecule has 20 heavy (non-hydrogen) atoms. The largest absolute Gasteiger partial charge is 0.464 e. The van der Waals surface area contributed by atoms with Gasteiger partial charge in [0.1, 0.15) is 5.82 Å². The molecule has 0 aliphatic heterocycles. The summed E-state index contributed by atoms with van der Waals surface area (Å²) in [5.74, 6) is 1.29. The van der Waals surface area contributed by atoms with Crippen molar-refractivity contribution in [2.24, 2.45) is 0 Å². The van der Waals surface area contributed by atoms with Gasteiger partial charge in [0, 0.05) is 11.3 Å². The summed E-state index contributed by atoms with van der Waals surface area (Å²) >= 11 is 2.00. The quantitative estimate of drug-likeness (QED) is 0.813. The second kappa shape index (κ2) is 6.83. The lowest BCUT2D eigenvalue weighted by atomic mass is 10.2. The Morgan fingerprint density at radius 1 is 1.55 bits per heavy atom. The zero-order chi connectivity index (χ0) is 14.5. The zero-order valence-corrected chi connectivity index (χ0v) is 12.7. The van der Waals surface area contributed by atoms with Crippen LogP contribution in [0.4, 0.5) is 11.5 Å². The molecule has 2 atom stereocenters. The van der Waals surface area contributed by atoms with Gasteiger partial charge in [-0.1, -0.05) is 6.92 Å². The fourth-order valence-electron chi connectivity index (χ4n) is 2.46. The highest BCUT2D eigenvalue weighted by Crippen LogP contribution is 2.32. The lowest BCUT2D eigenvalue weighted by Crippen LogP contribution is -2.19. The Kier molecular flexibility index (Phi) is 5.11. The van der Waals surface area contributed by atoms with Crippen LogP contribution < -0.4 is 11.1 Å². The van der Waals surface area contributed by atoms with E-state index < -0.39 is 5.97 Å². The van der Waals surface area contributed by atoms with Crippen molar-refractivity contribution in [2.75, 3.05) is 23.9 Å². The first-order valence-electron chi connectivity index (χ1n) is 6.87. The highest BCUT2D eigenvalue weighted by atomic mass is 32.2. The minimum atomic E-state index is -0.445. The van der Waals surface area contributed by atoms with Crippen molar-refractivity contribution >= 4 is 29.2 Å². The second-order valence-electron chi connectivity index (χ2n) is 4.86. The Morgan fingerprint density at radius 2 is 2.35 bits per heavy atom. The molecule has 0 radical (unpaired) electrons. The lowest BCUT2D eigenvalue weighted by Gasteiger charge is -2.15. The molecule has 3 N–H and O–H groups in total. The molecule has 0 amide bonds. The summed E-state index contributed by atoms with van der Waals surface area (Å²) in [6, 6.07) is 3.65.